The number of amides is 2. The molecular formula is C38H75Br2N3O5. The molecular weight excluding hydrogens is 738 g/mol. The largest absolute Gasteiger partial charge is 0.516 e. The molecule has 286 valence electrons. The van der Waals surface area contributed by atoms with Crippen molar-refractivity contribution in [2.24, 2.45) is 17.6 Å². The highest BCUT2D eigenvalue weighted by atomic mass is 79.9. The third-order valence-electron chi connectivity index (χ3n) is 6.69. The zero-order valence-electron chi connectivity index (χ0n) is 32.5. The smallest absolute Gasteiger partial charge is 0.240 e. The number of aliphatic hydroxyl groups excluding tert-OH is 1. The van der Waals surface area contributed by atoms with Gasteiger partial charge in [0.1, 0.15) is 12.1 Å². The van der Waals surface area contributed by atoms with Gasteiger partial charge in [-0.15, -0.1) is 13.2 Å². The lowest BCUT2D eigenvalue weighted by molar-refractivity contribution is -0.138. The van der Waals surface area contributed by atoms with Crippen LogP contribution in [0.15, 0.2) is 37.6 Å². The lowest BCUT2D eigenvalue weighted by atomic mass is 9.82. The van der Waals surface area contributed by atoms with Gasteiger partial charge in [0.15, 0.2) is 0 Å². The third kappa shape index (κ3) is 40.4. The van der Waals surface area contributed by atoms with Crippen LogP contribution < -0.4 is 11.1 Å². The maximum atomic E-state index is 13.4. The van der Waals surface area contributed by atoms with E-state index in [-0.39, 0.29) is 41.6 Å². The number of carbonyl (C=O) groups excluding carboxylic acids is 4. The van der Waals surface area contributed by atoms with Crippen LogP contribution >= 0.6 is 31.9 Å². The van der Waals surface area contributed by atoms with E-state index in [0.717, 1.165) is 68.3 Å². The molecule has 1 aliphatic heterocycles. The van der Waals surface area contributed by atoms with E-state index in [4.69, 9.17) is 14.7 Å². The third-order valence-corrected chi connectivity index (χ3v) is 6.69. The average Bonchev–Trinajstić information content (AvgIpc) is 3.56. The number of aldehydes is 1. The summed E-state index contributed by atoms with van der Waals surface area (Å²) in [6.07, 6.45) is 18.6. The molecule has 2 amide bonds. The second-order valence-corrected chi connectivity index (χ2v) is 14.2. The molecule has 1 aliphatic carbocycles. The van der Waals surface area contributed by atoms with Crippen LogP contribution in [-0.4, -0.2) is 62.8 Å². The van der Waals surface area contributed by atoms with Crippen molar-refractivity contribution in [2.75, 3.05) is 10.8 Å². The number of allylic oxidation sites excluding steroid dienone is 3. The summed E-state index contributed by atoms with van der Waals surface area (Å²) in [5, 5.41) is 11.5. The van der Waals surface area contributed by atoms with Crippen molar-refractivity contribution in [1.82, 2.24) is 10.2 Å². The fourth-order valence-corrected chi connectivity index (χ4v) is 4.46. The highest BCUT2D eigenvalue weighted by Crippen LogP contribution is 2.31. The minimum absolute atomic E-state index is 0.0573. The summed E-state index contributed by atoms with van der Waals surface area (Å²) in [7, 11) is 0. The molecule has 2 fully saturated rings. The van der Waals surface area contributed by atoms with Gasteiger partial charge >= 0.3 is 0 Å². The molecule has 4 N–H and O–H groups in total. The van der Waals surface area contributed by atoms with Crippen LogP contribution in [0.1, 0.15) is 140 Å². The van der Waals surface area contributed by atoms with E-state index in [2.05, 4.69) is 90.7 Å². The number of hydrogen-bond acceptors (Lipinski definition) is 6. The topological polar surface area (TPSA) is 130 Å². The number of rotatable bonds is 8. The van der Waals surface area contributed by atoms with Crippen molar-refractivity contribution < 1.29 is 24.3 Å². The van der Waals surface area contributed by atoms with E-state index < -0.39 is 0 Å². The molecule has 0 aromatic carbocycles. The van der Waals surface area contributed by atoms with Crippen LogP contribution in [0, 0.1) is 11.8 Å². The average molecular weight is 814 g/mol. The van der Waals surface area contributed by atoms with Gasteiger partial charge in [0, 0.05) is 24.0 Å². The fourth-order valence-electron chi connectivity index (χ4n) is 4.46. The Morgan fingerprint density at radius 3 is 1.62 bits per heavy atom. The van der Waals surface area contributed by atoms with Gasteiger partial charge in [-0.05, 0) is 85.5 Å². The van der Waals surface area contributed by atoms with E-state index in [1.807, 2.05) is 44.7 Å². The van der Waals surface area contributed by atoms with Gasteiger partial charge in [-0.1, -0.05) is 111 Å². The van der Waals surface area contributed by atoms with Crippen molar-refractivity contribution in [1.29, 1.82) is 0 Å². The standard InChI is InChI=1S/C20H36N2O2.C4H8O.2C4H8.C2H4O.C2H6.CH2Br2.CH3NO/c1-14(15(2)23)17-12-9-13-22(17)19(24)18(21-20(3,4)5)16-10-7-6-8-11-16;1-2-3-4-5;2*1-3-4-2;1-2-3;1-2;2*2-1-3/h14,16-18,21H,6-13H2,1-5H3;3-5H,2H2,1H3;2*3H,1,4H2,2H3;2H,1H3;1-2H3;1H2;1H,(H2,2,3)/b;4-3+;;;;;;. The summed E-state index contributed by atoms with van der Waals surface area (Å²) in [5.41, 5.74) is 4.08. The zero-order chi connectivity index (χ0) is 39.0. The van der Waals surface area contributed by atoms with Crippen molar-refractivity contribution in [3.63, 3.8) is 0 Å². The first kappa shape index (κ1) is 58.4. The van der Waals surface area contributed by atoms with E-state index >= 15 is 0 Å². The van der Waals surface area contributed by atoms with Crippen LogP contribution in [0.3, 0.4) is 0 Å². The quantitative estimate of drug-likeness (QED) is 0.0969. The first-order valence-electron chi connectivity index (χ1n) is 17.5. The fraction of sp³-hybridized carbons (Fsp3) is 0.737. The molecule has 0 aromatic rings. The number of halogens is 2. The number of ketones is 1. The van der Waals surface area contributed by atoms with E-state index in [1.54, 1.807) is 13.0 Å². The number of primary amides is 1. The Morgan fingerprint density at radius 2 is 1.35 bits per heavy atom. The maximum Gasteiger partial charge on any atom is 0.240 e. The lowest BCUT2D eigenvalue weighted by Gasteiger charge is -2.39. The Balaban J connectivity index is -0.000000150. The summed E-state index contributed by atoms with van der Waals surface area (Å²) in [5.74, 6) is 0.794. The van der Waals surface area contributed by atoms with Gasteiger partial charge in [-0.3, -0.25) is 14.4 Å². The first-order chi connectivity index (χ1) is 22.7. The molecule has 0 aromatic heterocycles. The predicted molar refractivity (Wildman–Crippen MR) is 217 cm³/mol. The molecule has 48 heavy (non-hydrogen) atoms. The lowest BCUT2D eigenvalue weighted by Crippen LogP contribution is -2.57. The van der Waals surface area contributed by atoms with Gasteiger partial charge in [-0.25, -0.2) is 0 Å². The monoisotopic (exact) mass is 811 g/mol. The van der Waals surface area contributed by atoms with Crippen LogP contribution in [0.5, 0.6) is 0 Å². The van der Waals surface area contributed by atoms with Gasteiger partial charge in [0.25, 0.3) is 0 Å². The summed E-state index contributed by atoms with van der Waals surface area (Å²) in [6, 6.07) is -0.0204. The number of aliphatic hydroxyl groups is 1. The predicted octanol–water partition coefficient (Wildman–Crippen LogP) is 10.2. The van der Waals surface area contributed by atoms with E-state index in [1.165, 1.54) is 26.2 Å². The Morgan fingerprint density at radius 1 is 0.958 bits per heavy atom. The number of Topliss-reactive ketones (excluding diaryl/α,β-unsaturated/α-hetero) is 1. The molecule has 10 heteroatoms. The summed E-state index contributed by atoms with van der Waals surface area (Å²) < 4.78 is 0.875. The number of nitrogens with zero attached hydrogens (tertiary/aromatic N) is 1. The molecule has 0 radical (unpaired) electrons. The molecule has 0 spiro atoms. The first-order valence-corrected chi connectivity index (χ1v) is 19.7. The Hall–Kier alpha value is -1.78. The highest BCUT2D eigenvalue weighted by molar-refractivity contribution is 9.24. The van der Waals surface area contributed by atoms with Gasteiger partial charge < -0.3 is 25.9 Å². The number of alkyl halides is 2. The molecule has 3 unspecified atom stereocenters. The number of nitrogens with two attached hydrogens (primary N) is 1. The minimum Gasteiger partial charge on any atom is -0.516 e. The van der Waals surface area contributed by atoms with Crippen molar-refractivity contribution >= 4 is 56.2 Å². The SMILES string of the molecule is BrCBr.C=CCC.C=CCC.CC.CC(=O)C(C)C1CCCN1C(=O)C(NC(C)(C)C)C1CCCCC1.CC/C=C/O.CC=O.NC=O. The minimum atomic E-state index is -0.106. The summed E-state index contributed by atoms with van der Waals surface area (Å²) in [6.45, 7) is 29.3. The molecule has 0 bridgehead atoms. The Bertz CT molecular complexity index is 754. The molecule has 8 nitrogen and oxygen atoms in total. The number of carbonyl (C=O) groups is 4. The molecule has 2 rings (SSSR count). The molecule has 3 atom stereocenters. The van der Waals surface area contributed by atoms with Crippen molar-refractivity contribution in [3.05, 3.63) is 37.6 Å². The maximum absolute atomic E-state index is 13.4. The van der Waals surface area contributed by atoms with Gasteiger partial charge in [-0.2, -0.15) is 0 Å². The van der Waals surface area contributed by atoms with Crippen LogP contribution in [0.4, 0.5) is 0 Å². The number of likely N-dealkylation sites (tertiary alicyclic amines) is 1. The molecule has 2 aliphatic rings. The highest BCUT2D eigenvalue weighted by Gasteiger charge is 2.40. The van der Waals surface area contributed by atoms with Crippen LogP contribution in [-0.2, 0) is 19.2 Å². The Kier molecular flexibility index (Phi) is 55.0. The summed E-state index contributed by atoms with van der Waals surface area (Å²) >= 11 is 6.12. The molecule has 1 saturated heterocycles. The molecule has 1 heterocycles. The van der Waals surface area contributed by atoms with E-state index in [0.29, 0.717) is 5.92 Å². The number of hydrogen-bond donors (Lipinski definition) is 3. The van der Waals surface area contributed by atoms with E-state index in [9.17, 15) is 9.59 Å². The van der Waals surface area contributed by atoms with Gasteiger partial charge in [0.05, 0.1) is 16.5 Å². The van der Waals surface area contributed by atoms with Crippen molar-refractivity contribution in [2.45, 2.75) is 158 Å². The molecule has 1 saturated carbocycles. The van der Waals surface area contributed by atoms with Crippen LogP contribution in [0.2, 0.25) is 0 Å². The van der Waals surface area contributed by atoms with Crippen molar-refractivity contribution in [3.8, 4) is 0 Å². The number of nitrogens with one attached hydrogen (secondary N) is 1. The summed E-state index contributed by atoms with van der Waals surface area (Å²) in [4.78, 5) is 44.7. The second-order valence-electron chi connectivity index (χ2n) is 11.6. The Labute approximate surface area is 313 Å². The normalized spacial score (nSPS) is 15.9. The van der Waals surface area contributed by atoms with Gasteiger partial charge in [0.2, 0.25) is 12.3 Å². The second kappa shape index (κ2) is 45.2. The zero-order valence-corrected chi connectivity index (χ0v) is 35.7. The van der Waals surface area contributed by atoms with Crippen LogP contribution in [0.25, 0.3) is 0 Å².